The molecule has 0 unspecified atom stereocenters. The lowest BCUT2D eigenvalue weighted by atomic mass is 10.0. The van der Waals surface area contributed by atoms with Crippen molar-refractivity contribution >= 4 is 28.8 Å². The summed E-state index contributed by atoms with van der Waals surface area (Å²) in [5.41, 5.74) is -1.38. The number of aryl methyl sites for hydroxylation is 2. The molecule has 1 aliphatic rings. The molecule has 0 aliphatic heterocycles. The average Bonchev–Trinajstić information content (AvgIpc) is 3.35. The number of nitrogens with zero attached hydrogens (tertiary/aromatic N) is 3. The van der Waals surface area contributed by atoms with Gasteiger partial charge in [0.2, 0.25) is 5.95 Å². The summed E-state index contributed by atoms with van der Waals surface area (Å²) in [6, 6.07) is 1.43. The van der Waals surface area contributed by atoms with E-state index in [1.54, 1.807) is 6.92 Å². The van der Waals surface area contributed by atoms with E-state index < -0.39 is 40.6 Å². The zero-order chi connectivity index (χ0) is 20.1. The van der Waals surface area contributed by atoms with E-state index >= 15 is 0 Å². The van der Waals surface area contributed by atoms with Gasteiger partial charge in [0.25, 0.3) is 0 Å². The van der Waals surface area contributed by atoms with Crippen molar-refractivity contribution in [1.29, 1.82) is 0 Å². The second-order valence-corrected chi connectivity index (χ2v) is 7.22. The third-order valence-electron chi connectivity index (χ3n) is 4.44. The minimum atomic E-state index is -4.76. The third-order valence-corrected chi connectivity index (χ3v) is 5.18. The number of halogens is 6. The molecule has 0 bridgehead atoms. The molecule has 146 valence electrons. The summed E-state index contributed by atoms with van der Waals surface area (Å²) in [5, 5.41) is 3.53. The molecular formula is C17H15ClF5N3S. The molecule has 1 aliphatic carbocycles. The van der Waals surface area contributed by atoms with Gasteiger partial charge in [-0.15, -0.1) is 0 Å². The Morgan fingerprint density at radius 1 is 1.33 bits per heavy atom. The van der Waals surface area contributed by atoms with Crippen molar-refractivity contribution in [1.82, 2.24) is 14.7 Å². The third kappa shape index (κ3) is 3.80. The Morgan fingerprint density at radius 2 is 1.96 bits per heavy atom. The topological polar surface area (TPSA) is 21.1 Å². The summed E-state index contributed by atoms with van der Waals surface area (Å²) in [6.45, 7) is 1.09. The second kappa shape index (κ2) is 7.01. The highest BCUT2D eigenvalue weighted by Crippen LogP contribution is 2.38. The molecule has 1 saturated carbocycles. The normalized spacial score (nSPS) is 14.5. The molecule has 27 heavy (non-hydrogen) atoms. The van der Waals surface area contributed by atoms with Crippen molar-refractivity contribution in [2.75, 3.05) is 0 Å². The summed E-state index contributed by atoms with van der Waals surface area (Å²) in [5.74, 6) is -1.84. The van der Waals surface area contributed by atoms with Gasteiger partial charge < -0.3 is 4.90 Å². The lowest BCUT2D eigenvalue weighted by molar-refractivity contribution is -0.138. The molecule has 0 saturated heterocycles. The predicted octanol–water partition coefficient (Wildman–Crippen LogP) is 5.02. The number of thiocarbonyl (C=S) groups is 1. The van der Waals surface area contributed by atoms with E-state index in [9.17, 15) is 22.0 Å². The van der Waals surface area contributed by atoms with E-state index in [1.807, 2.05) is 0 Å². The minimum absolute atomic E-state index is 0.00750. The molecule has 1 fully saturated rings. The van der Waals surface area contributed by atoms with Crippen LogP contribution in [0.3, 0.4) is 0 Å². The summed E-state index contributed by atoms with van der Waals surface area (Å²) >= 11 is 11.1. The van der Waals surface area contributed by atoms with E-state index in [2.05, 4.69) is 5.10 Å². The average molecular weight is 424 g/mol. The van der Waals surface area contributed by atoms with Gasteiger partial charge in [-0.3, -0.25) is 0 Å². The first-order chi connectivity index (χ1) is 12.5. The standard InChI is InChI=1S/C17H15ClF5N3S/c1-8-13(15(20)25(2)24-8)16(27)26(9-3-4-9)7-10-11(17(21,22)23)5-6-12(18)14(10)19/h5-6,9H,3-4,7H2,1-2H3. The number of hydrogen-bond donors (Lipinski definition) is 0. The lowest BCUT2D eigenvalue weighted by Gasteiger charge is -2.27. The van der Waals surface area contributed by atoms with Gasteiger partial charge in [0, 0.05) is 25.2 Å². The molecular weight excluding hydrogens is 409 g/mol. The molecule has 1 aromatic carbocycles. The van der Waals surface area contributed by atoms with Crippen LogP contribution in [0.4, 0.5) is 22.0 Å². The number of rotatable bonds is 4. The molecule has 1 aromatic heterocycles. The van der Waals surface area contributed by atoms with E-state index in [4.69, 9.17) is 23.8 Å². The maximum Gasteiger partial charge on any atom is 0.416 e. The molecule has 0 N–H and O–H groups in total. The fourth-order valence-corrected chi connectivity index (χ4v) is 3.58. The Hall–Kier alpha value is -1.74. The van der Waals surface area contributed by atoms with Gasteiger partial charge >= 0.3 is 6.18 Å². The SMILES string of the molecule is Cc1nn(C)c(F)c1C(=S)N(Cc1c(C(F)(F)F)ccc(Cl)c1F)C1CC1. The smallest absolute Gasteiger partial charge is 0.355 e. The summed E-state index contributed by atoms with van der Waals surface area (Å²) in [4.78, 5) is 1.43. The second-order valence-electron chi connectivity index (χ2n) is 6.42. The number of alkyl halides is 3. The highest BCUT2D eigenvalue weighted by molar-refractivity contribution is 7.80. The number of aromatic nitrogens is 2. The molecule has 2 aromatic rings. The van der Waals surface area contributed by atoms with Crippen LogP contribution in [-0.4, -0.2) is 25.7 Å². The Balaban J connectivity index is 2.04. The van der Waals surface area contributed by atoms with Gasteiger partial charge in [0.05, 0.1) is 21.8 Å². The Labute approximate surface area is 162 Å². The molecule has 0 amide bonds. The molecule has 3 rings (SSSR count). The zero-order valence-corrected chi connectivity index (χ0v) is 15.9. The van der Waals surface area contributed by atoms with E-state index in [1.165, 1.54) is 11.9 Å². The fourth-order valence-electron chi connectivity index (χ4n) is 2.95. The molecule has 3 nitrogen and oxygen atoms in total. The largest absolute Gasteiger partial charge is 0.416 e. The van der Waals surface area contributed by atoms with Crippen LogP contribution in [0.1, 0.15) is 35.2 Å². The molecule has 0 spiro atoms. The van der Waals surface area contributed by atoms with E-state index in [-0.39, 0.29) is 16.6 Å². The van der Waals surface area contributed by atoms with Crippen LogP contribution in [0.5, 0.6) is 0 Å². The first kappa shape index (κ1) is 20.0. The van der Waals surface area contributed by atoms with Gasteiger partial charge in [-0.2, -0.15) is 22.7 Å². The van der Waals surface area contributed by atoms with Gasteiger partial charge in [0.1, 0.15) is 10.8 Å². The number of hydrogen-bond acceptors (Lipinski definition) is 2. The monoisotopic (exact) mass is 423 g/mol. The van der Waals surface area contributed by atoms with Crippen molar-refractivity contribution in [2.24, 2.45) is 7.05 Å². The highest BCUT2D eigenvalue weighted by Gasteiger charge is 2.39. The van der Waals surface area contributed by atoms with Crippen molar-refractivity contribution in [3.63, 3.8) is 0 Å². The van der Waals surface area contributed by atoms with Crippen molar-refractivity contribution in [3.8, 4) is 0 Å². The van der Waals surface area contributed by atoms with Crippen molar-refractivity contribution in [2.45, 2.75) is 38.5 Å². The fraction of sp³-hybridized carbons (Fsp3) is 0.412. The molecule has 0 radical (unpaired) electrons. The number of benzene rings is 1. The van der Waals surface area contributed by atoms with Crippen LogP contribution < -0.4 is 0 Å². The van der Waals surface area contributed by atoms with E-state index in [0.29, 0.717) is 18.5 Å². The van der Waals surface area contributed by atoms with Crippen molar-refractivity contribution in [3.05, 3.63) is 51.3 Å². The highest BCUT2D eigenvalue weighted by atomic mass is 35.5. The first-order valence-electron chi connectivity index (χ1n) is 8.06. The maximum absolute atomic E-state index is 14.5. The lowest BCUT2D eigenvalue weighted by Crippen LogP contribution is -2.34. The Morgan fingerprint density at radius 3 is 2.44 bits per heavy atom. The Kier molecular flexibility index (Phi) is 5.20. The molecule has 0 atom stereocenters. The maximum atomic E-state index is 14.5. The van der Waals surface area contributed by atoms with Crippen LogP contribution in [0.2, 0.25) is 5.02 Å². The molecule has 10 heteroatoms. The quantitative estimate of drug-likeness (QED) is 0.509. The summed E-state index contributed by atoms with van der Waals surface area (Å²) < 4.78 is 69.9. The van der Waals surface area contributed by atoms with Gasteiger partial charge in [-0.25, -0.2) is 9.07 Å². The van der Waals surface area contributed by atoms with Crippen LogP contribution in [0.25, 0.3) is 0 Å². The van der Waals surface area contributed by atoms with Gasteiger partial charge in [-0.1, -0.05) is 23.8 Å². The minimum Gasteiger partial charge on any atom is -0.355 e. The van der Waals surface area contributed by atoms with Gasteiger partial charge in [-0.05, 0) is 31.9 Å². The van der Waals surface area contributed by atoms with Crippen LogP contribution in [-0.2, 0) is 19.8 Å². The first-order valence-corrected chi connectivity index (χ1v) is 8.85. The van der Waals surface area contributed by atoms with Crippen LogP contribution in [0, 0.1) is 18.7 Å². The summed E-state index contributed by atoms with van der Waals surface area (Å²) in [7, 11) is 1.40. The van der Waals surface area contributed by atoms with Crippen LogP contribution in [0.15, 0.2) is 12.1 Å². The Bertz CT molecular complexity index is 905. The predicted molar refractivity (Wildman–Crippen MR) is 94.6 cm³/mol. The zero-order valence-electron chi connectivity index (χ0n) is 14.4. The summed E-state index contributed by atoms with van der Waals surface area (Å²) in [6.07, 6.45) is -3.41. The van der Waals surface area contributed by atoms with Crippen molar-refractivity contribution < 1.29 is 22.0 Å². The van der Waals surface area contributed by atoms with Crippen LogP contribution >= 0.6 is 23.8 Å². The van der Waals surface area contributed by atoms with Gasteiger partial charge in [0.15, 0.2) is 0 Å². The van der Waals surface area contributed by atoms with E-state index in [0.717, 1.165) is 16.8 Å². The molecule has 1 heterocycles.